The summed E-state index contributed by atoms with van der Waals surface area (Å²) in [5.74, 6) is 5.18. The molecule has 1 aromatic heterocycles. The van der Waals surface area contributed by atoms with Crippen LogP contribution in [0.4, 0.5) is 5.69 Å². The molecule has 0 saturated carbocycles. The van der Waals surface area contributed by atoms with E-state index in [0.717, 1.165) is 5.56 Å². The van der Waals surface area contributed by atoms with E-state index in [0.29, 0.717) is 33.8 Å². The van der Waals surface area contributed by atoms with Gasteiger partial charge in [0.25, 0.3) is 5.91 Å². The molecule has 0 fully saturated rings. The zero-order chi connectivity index (χ0) is 22.7. The normalized spacial score (nSPS) is 14.3. The first kappa shape index (κ1) is 21.0. The number of aromatic nitrogens is 1. The van der Waals surface area contributed by atoms with Crippen LogP contribution in [-0.4, -0.2) is 40.3 Å². The van der Waals surface area contributed by atoms with Gasteiger partial charge in [-0.05, 0) is 42.0 Å². The van der Waals surface area contributed by atoms with Gasteiger partial charge in [0.05, 0.1) is 29.6 Å². The van der Waals surface area contributed by atoms with Crippen LogP contribution >= 0.6 is 0 Å². The summed E-state index contributed by atoms with van der Waals surface area (Å²) in [6, 6.07) is 13.4. The first-order valence-corrected chi connectivity index (χ1v) is 9.86. The highest BCUT2D eigenvalue weighted by molar-refractivity contribution is 6.35. The maximum atomic E-state index is 12.6. The molecule has 1 aliphatic rings. The van der Waals surface area contributed by atoms with Gasteiger partial charge in [0.15, 0.2) is 0 Å². The number of benzene rings is 2. The average molecular weight is 428 g/mol. The zero-order valence-electron chi connectivity index (χ0n) is 17.2. The van der Waals surface area contributed by atoms with Gasteiger partial charge < -0.3 is 25.3 Å². The molecular weight excluding hydrogens is 408 g/mol. The number of aromatic carboxylic acids is 1. The number of methoxy groups -OCH3 is 1. The van der Waals surface area contributed by atoms with Crippen molar-refractivity contribution in [3.05, 3.63) is 82.7 Å². The Morgan fingerprint density at radius 3 is 2.69 bits per heavy atom. The number of H-pyrrole nitrogens is 1. The van der Waals surface area contributed by atoms with Crippen molar-refractivity contribution in [1.29, 1.82) is 0 Å². The third kappa shape index (κ3) is 4.26. The van der Waals surface area contributed by atoms with Gasteiger partial charge in [0, 0.05) is 23.7 Å². The van der Waals surface area contributed by atoms with E-state index in [1.165, 1.54) is 12.1 Å². The Hall–Kier alpha value is -4.28. The third-order valence-corrected chi connectivity index (χ3v) is 5.08. The maximum absolute atomic E-state index is 12.6. The largest absolute Gasteiger partial charge is 0.495 e. The maximum Gasteiger partial charge on any atom is 0.335 e. The fourth-order valence-electron chi connectivity index (χ4n) is 3.51. The van der Waals surface area contributed by atoms with E-state index in [2.05, 4.69) is 22.1 Å². The van der Waals surface area contributed by atoms with E-state index < -0.39 is 12.1 Å². The number of aromatic amines is 1. The molecule has 7 nitrogen and oxygen atoms in total. The number of carbonyl (C=O) groups is 2. The molecule has 1 aliphatic heterocycles. The number of aliphatic hydroxyl groups excluding tert-OH is 1. The van der Waals surface area contributed by atoms with Gasteiger partial charge in [-0.15, -0.1) is 0 Å². The van der Waals surface area contributed by atoms with Crippen molar-refractivity contribution in [2.75, 3.05) is 12.4 Å². The molecule has 2 aromatic carbocycles. The number of aliphatic hydroxyl groups is 1. The smallest absolute Gasteiger partial charge is 0.335 e. The molecule has 1 atom stereocenters. The second kappa shape index (κ2) is 8.84. The molecule has 1 amide bonds. The van der Waals surface area contributed by atoms with Crippen molar-refractivity contribution in [2.45, 2.75) is 12.5 Å². The lowest BCUT2D eigenvalue weighted by atomic mass is 9.99. The zero-order valence-corrected chi connectivity index (χ0v) is 17.2. The summed E-state index contributed by atoms with van der Waals surface area (Å²) >= 11 is 0. The van der Waals surface area contributed by atoms with Crippen molar-refractivity contribution in [2.24, 2.45) is 0 Å². The predicted octanol–water partition coefficient (Wildman–Crippen LogP) is 3.17. The van der Waals surface area contributed by atoms with Crippen LogP contribution in [0.25, 0.3) is 11.6 Å². The number of anilines is 1. The standard InChI is InChI=1S/C25H20N2O5/c1-32-22-11-12-26-21(22)14-19-23-16(3-2-4-20(23)27-24(19)29)9-10-18(28)13-15-5-7-17(8-6-15)25(30)31/h2-8,11-12,14,18,26,28H,13H2,1H3,(H,27,29)(H,30,31). The second-order valence-electron chi connectivity index (χ2n) is 7.19. The summed E-state index contributed by atoms with van der Waals surface area (Å²) < 4.78 is 5.30. The highest BCUT2D eigenvalue weighted by atomic mass is 16.5. The van der Waals surface area contributed by atoms with Crippen molar-refractivity contribution in [3.8, 4) is 17.6 Å². The lowest BCUT2D eigenvalue weighted by Crippen LogP contribution is -2.08. The van der Waals surface area contributed by atoms with Crippen molar-refractivity contribution in [1.82, 2.24) is 4.98 Å². The topological polar surface area (TPSA) is 112 Å². The first-order chi connectivity index (χ1) is 15.5. The number of carboxylic acid groups (broad SMARTS) is 1. The van der Waals surface area contributed by atoms with Gasteiger partial charge in [0.2, 0.25) is 0 Å². The Labute approximate surface area is 184 Å². The van der Waals surface area contributed by atoms with Crippen molar-refractivity contribution >= 4 is 29.2 Å². The van der Waals surface area contributed by atoms with Gasteiger partial charge >= 0.3 is 5.97 Å². The predicted molar refractivity (Wildman–Crippen MR) is 120 cm³/mol. The molecule has 0 aliphatic carbocycles. The van der Waals surface area contributed by atoms with E-state index in [1.54, 1.807) is 55.8 Å². The fourth-order valence-corrected chi connectivity index (χ4v) is 3.51. The Balaban J connectivity index is 1.61. The van der Waals surface area contributed by atoms with Crippen LogP contribution in [0.1, 0.15) is 32.7 Å². The lowest BCUT2D eigenvalue weighted by molar-refractivity contribution is -0.110. The van der Waals surface area contributed by atoms with E-state index >= 15 is 0 Å². The molecule has 0 saturated heterocycles. The highest BCUT2D eigenvalue weighted by Gasteiger charge is 2.27. The van der Waals surface area contributed by atoms with Crippen molar-refractivity contribution < 1.29 is 24.5 Å². The van der Waals surface area contributed by atoms with Crippen LogP contribution in [0.15, 0.2) is 54.7 Å². The summed E-state index contributed by atoms with van der Waals surface area (Å²) in [6.07, 6.45) is 2.74. The SMILES string of the molecule is COc1cc[nH]c1C=C1C(=O)Nc2cccc(C#CC(O)Cc3ccc(C(=O)O)cc3)c21. The Kier molecular flexibility index (Phi) is 5.79. The molecule has 4 N–H and O–H groups in total. The van der Waals surface area contributed by atoms with E-state index in [4.69, 9.17) is 9.84 Å². The molecular formula is C25H20N2O5. The fraction of sp³-hybridized carbons (Fsp3) is 0.120. The van der Waals surface area contributed by atoms with Crippen LogP contribution in [0.3, 0.4) is 0 Å². The van der Waals surface area contributed by atoms with Crippen LogP contribution < -0.4 is 10.1 Å². The van der Waals surface area contributed by atoms with E-state index in [1.807, 2.05) is 0 Å². The molecule has 2 heterocycles. The number of amides is 1. The number of hydrogen-bond acceptors (Lipinski definition) is 4. The molecule has 0 spiro atoms. The number of rotatable bonds is 5. The van der Waals surface area contributed by atoms with Crippen LogP contribution in [0.2, 0.25) is 0 Å². The summed E-state index contributed by atoms with van der Waals surface area (Å²) in [4.78, 5) is 26.6. The molecule has 1 unspecified atom stereocenters. The number of ether oxygens (including phenoxy) is 1. The molecule has 32 heavy (non-hydrogen) atoms. The molecule has 3 aromatic rings. The molecule has 160 valence electrons. The summed E-state index contributed by atoms with van der Waals surface area (Å²) in [6.45, 7) is 0. The summed E-state index contributed by atoms with van der Waals surface area (Å²) in [5.41, 5.74) is 3.99. The molecule has 7 heteroatoms. The van der Waals surface area contributed by atoms with Crippen molar-refractivity contribution in [3.63, 3.8) is 0 Å². The minimum atomic E-state index is -1.00. The Morgan fingerprint density at radius 1 is 1.19 bits per heavy atom. The number of fused-ring (bicyclic) bond motifs is 1. The van der Waals surface area contributed by atoms with E-state index in [-0.39, 0.29) is 17.9 Å². The molecule has 0 radical (unpaired) electrons. The highest BCUT2D eigenvalue weighted by Crippen LogP contribution is 2.36. The third-order valence-electron chi connectivity index (χ3n) is 5.08. The summed E-state index contributed by atoms with van der Waals surface area (Å²) in [7, 11) is 1.56. The van der Waals surface area contributed by atoms with Gasteiger partial charge in [-0.3, -0.25) is 4.79 Å². The van der Waals surface area contributed by atoms with E-state index in [9.17, 15) is 14.7 Å². The van der Waals surface area contributed by atoms with Crippen LogP contribution in [-0.2, 0) is 11.2 Å². The number of nitrogens with one attached hydrogen (secondary N) is 2. The monoisotopic (exact) mass is 428 g/mol. The van der Waals surface area contributed by atoms with Gasteiger partial charge in [0.1, 0.15) is 11.9 Å². The summed E-state index contributed by atoms with van der Waals surface area (Å²) in [5, 5.41) is 22.2. The number of hydrogen-bond donors (Lipinski definition) is 4. The lowest BCUT2D eigenvalue weighted by Gasteiger charge is -2.05. The van der Waals surface area contributed by atoms with Gasteiger partial charge in [-0.25, -0.2) is 4.79 Å². The minimum Gasteiger partial charge on any atom is -0.495 e. The van der Waals surface area contributed by atoms with Gasteiger partial charge in [-0.2, -0.15) is 0 Å². The first-order valence-electron chi connectivity index (χ1n) is 9.86. The number of carbonyl (C=O) groups excluding carboxylic acids is 1. The van der Waals surface area contributed by atoms with Crippen LogP contribution in [0, 0.1) is 11.8 Å². The molecule has 0 bridgehead atoms. The Bertz CT molecular complexity index is 1280. The minimum absolute atomic E-state index is 0.185. The van der Waals surface area contributed by atoms with Gasteiger partial charge in [-0.1, -0.05) is 30.0 Å². The van der Waals surface area contributed by atoms with Crippen LogP contribution in [0.5, 0.6) is 5.75 Å². The number of carboxylic acids is 1. The molecule has 4 rings (SSSR count). The Morgan fingerprint density at radius 2 is 1.97 bits per heavy atom. The quantitative estimate of drug-likeness (QED) is 0.368. The second-order valence-corrected chi connectivity index (χ2v) is 7.19. The average Bonchev–Trinajstić information content (AvgIpc) is 3.36.